The molecule has 1 unspecified atom stereocenters. The van der Waals surface area contributed by atoms with Gasteiger partial charge in [-0.3, -0.25) is 4.79 Å². The molecule has 2 rings (SSSR count). The molecule has 0 spiro atoms. The molecule has 0 saturated carbocycles. The molecule has 0 radical (unpaired) electrons. The van der Waals surface area contributed by atoms with Crippen molar-refractivity contribution in [3.63, 3.8) is 0 Å². The predicted octanol–water partition coefficient (Wildman–Crippen LogP) is 2.21. The number of nitrogens with zero attached hydrogens (tertiary/aromatic N) is 1. The molecule has 1 aromatic heterocycles. The largest absolute Gasteiger partial charge is 0.338 e. The van der Waals surface area contributed by atoms with Crippen LogP contribution in [0.2, 0.25) is 0 Å². The number of hydrogen-bond acceptors (Lipinski definition) is 3. The van der Waals surface area contributed by atoms with Crippen LogP contribution in [0.3, 0.4) is 0 Å². The number of thiophene rings is 1. The third-order valence-corrected chi connectivity index (χ3v) is 4.42. The van der Waals surface area contributed by atoms with Crippen molar-refractivity contribution in [1.82, 2.24) is 4.90 Å². The van der Waals surface area contributed by atoms with Crippen LogP contribution in [0, 0.1) is 19.8 Å². The number of rotatable bonds is 2. The summed E-state index contributed by atoms with van der Waals surface area (Å²) >= 11 is 1.60. The summed E-state index contributed by atoms with van der Waals surface area (Å²) in [7, 11) is 0. The standard InChI is InChI=1S/C12H18N2OS.ClH/c1-8-5-11(16-9(8)2)12(15)14-4-3-10(6-13)7-14;/h5,10H,3-4,6-7,13H2,1-2H3;1H. The van der Waals surface area contributed by atoms with E-state index in [0.29, 0.717) is 12.5 Å². The highest BCUT2D eigenvalue weighted by Crippen LogP contribution is 2.24. The maximum absolute atomic E-state index is 12.2. The van der Waals surface area contributed by atoms with Gasteiger partial charge in [0.25, 0.3) is 5.91 Å². The summed E-state index contributed by atoms with van der Waals surface area (Å²) in [6.07, 6.45) is 1.05. The number of carbonyl (C=O) groups excluding carboxylic acids is 1. The lowest BCUT2D eigenvalue weighted by Gasteiger charge is -2.14. The minimum absolute atomic E-state index is 0. The van der Waals surface area contributed by atoms with Crippen LogP contribution in [0.5, 0.6) is 0 Å². The summed E-state index contributed by atoms with van der Waals surface area (Å²) in [5.74, 6) is 0.670. The molecule has 1 atom stereocenters. The van der Waals surface area contributed by atoms with Crippen molar-refractivity contribution >= 4 is 29.7 Å². The van der Waals surface area contributed by atoms with Gasteiger partial charge < -0.3 is 10.6 Å². The summed E-state index contributed by atoms with van der Waals surface area (Å²) < 4.78 is 0. The molecule has 17 heavy (non-hydrogen) atoms. The van der Waals surface area contributed by atoms with Crippen LogP contribution >= 0.6 is 23.7 Å². The number of aryl methyl sites for hydroxylation is 2. The van der Waals surface area contributed by atoms with Gasteiger partial charge in [-0.2, -0.15) is 0 Å². The second-order valence-corrected chi connectivity index (χ2v) is 5.75. The lowest BCUT2D eigenvalue weighted by molar-refractivity contribution is 0.0792. The number of carbonyl (C=O) groups is 1. The Bertz CT molecular complexity index is 386. The highest BCUT2D eigenvalue weighted by molar-refractivity contribution is 7.14. The number of nitrogens with two attached hydrogens (primary N) is 1. The molecule has 2 heterocycles. The fourth-order valence-corrected chi connectivity index (χ4v) is 3.05. The normalized spacial score (nSPS) is 19.2. The van der Waals surface area contributed by atoms with Crippen molar-refractivity contribution < 1.29 is 4.79 Å². The molecule has 0 aromatic carbocycles. The van der Waals surface area contributed by atoms with Gasteiger partial charge in [-0.25, -0.2) is 0 Å². The summed E-state index contributed by atoms with van der Waals surface area (Å²) in [6.45, 7) is 6.48. The first-order valence-corrected chi connectivity index (χ1v) is 6.50. The summed E-state index contributed by atoms with van der Waals surface area (Å²) in [4.78, 5) is 16.2. The molecular weight excluding hydrogens is 256 g/mol. The third kappa shape index (κ3) is 3.00. The molecule has 1 saturated heterocycles. The zero-order valence-electron chi connectivity index (χ0n) is 10.2. The number of likely N-dealkylation sites (tertiary alicyclic amines) is 1. The Hall–Kier alpha value is -0.580. The molecule has 96 valence electrons. The Morgan fingerprint density at radius 1 is 1.59 bits per heavy atom. The predicted molar refractivity (Wildman–Crippen MR) is 74.1 cm³/mol. The van der Waals surface area contributed by atoms with Gasteiger partial charge in [-0.1, -0.05) is 0 Å². The Balaban J connectivity index is 0.00000144. The minimum atomic E-state index is 0. The van der Waals surface area contributed by atoms with E-state index in [4.69, 9.17) is 5.73 Å². The quantitative estimate of drug-likeness (QED) is 0.899. The molecule has 0 bridgehead atoms. The fraction of sp³-hybridized carbons (Fsp3) is 0.583. The average Bonchev–Trinajstić information content (AvgIpc) is 2.86. The highest BCUT2D eigenvalue weighted by Gasteiger charge is 2.26. The lowest BCUT2D eigenvalue weighted by Crippen LogP contribution is -2.29. The summed E-state index contributed by atoms with van der Waals surface area (Å²) in [6, 6.07) is 2.00. The van der Waals surface area contributed by atoms with Gasteiger partial charge in [0.05, 0.1) is 4.88 Å². The van der Waals surface area contributed by atoms with E-state index in [1.807, 2.05) is 11.0 Å². The fourth-order valence-electron chi connectivity index (χ4n) is 2.04. The van der Waals surface area contributed by atoms with Gasteiger partial charge in [0.15, 0.2) is 0 Å². The topological polar surface area (TPSA) is 46.3 Å². The minimum Gasteiger partial charge on any atom is -0.338 e. The Morgan fingerprint density at radius 3 is 2.76 bits per heavy atom. The first-order chi connectivity index (χ1) is 7.61. The van der Waals surface area contributed by atoms with Gasteiger partial charge in [0.1, 0.15) is 0 Å². The first-order valence-electron chi connectivity index (χ1n) is 5.68. The molecule has 2 N–H and O–H groups in total. The van der Waals surface area contributed by atoms with Crippen LogP contribution in [-0.4, -0.2) is 30.4 Å². The van der Waals surface area contributed by atoms with E-state index in [9.17, 15) is 4.79 Å². The number of halogens is 1. The molecule has 1 aliphatic rings. The van der Waals surface area contributed by atoms with Crippen LogP contribution in [0.25, 0.3) is 0 Å². The summed E-state index contributed by atoms with van der Waals surface area (Å²) in [5, 5.41) is 0. The second kappa shape index (κ2) is 5.85. The number of amides is 1. The van der Waals surface area contributed by atoms with Gasteiger partial charge in [-0.15, -0.1) is 23.7 Å². The smallest absolute Gasteiger partial charge is 0.263 e. The molecule has 1 amide bonds. The van der Waals surface area contributed by atoms with Crippen molar-refractivity contribution in [1.29, 1.82) is 0 Å². The zero-order valence-corrected chi connectivity index (χ0v) is 11.9. The van der Waals surface area contributed by atoms with E-state index < -0.39 is 0 Å². The van der Waals surface area contributed by atoms with Crippen LogP contribution in [0.1, 0.15) is 26.5 Å². The molecule has 0 aliphatic carbocycles. The molecule has 1 fully saturated rings. The third-order valence-electron chi connectivity index (χ3n) is 3.28. The maximum Gasteiger partial charge on any atom is 0.263 e. The zero-order chi connectivity index (χ0) is 11.7. The Labute approximate surface area is 112 Å². The second-order valence-electron chi connectivity index (χ2n) is 4.49. The lowest BCUT2D eigenvalue weighted by atomic mass is 10.1. The van der Waals surface area contributed by atoms with E-state index in [2.05, 4.69) is 13.8 Å². The van der Waals surface area contributed by atoms with Crippen molar-refractivity contribution in [2.45, 2.75) is 20.3 Å². The van der Waals surface area contributed by atoms with E-state index in [1.54, 1.807) is 11.3 Å². The van der Waals surface area contributed by atoms with Crippen molar-refractivity contribution in [3.05, 3.63) is 21.4 Å². The molecular formula is C12H19ClN2OS. The van der Waals surface area contributed by atoms with Crippen LogP contribution in [0.4, 0.5) is 0 Å². The van der Waals surface area contributed by atoms with Crippen LogP contribution in [-0.2, 0) is 0 Å². The highest BCUT2D eigenvalue weighted by atomic mass is 35.5. The Kier molecular flexibility index (Phi) is 4.98. The summed E-state index contributed by atoms with van der Waals surface area (Å²) in [5.41, 5.74) is 6.84. The SMILES string of the molecule is Cc1cc(C(=O)N2CCC(CN)C2)sc1C.Cl. The van der Waals surface area contributed by atoms with Crippen molar-refractivity contribution in [2.24, 2.45) is 11.7 Å². The van der Waals surface area contributed by atoms with Gasteiger partial charge in [0, 0.05) is 18.0 Å². The van der Waals surface area contributed by atoms with E-state index >= 15 is 0 Å². The first kappa shape index (κ1) is 14.5. The van der Waals surface area contributed by atoms with E-state index in [1.165, 1.54) is 10.4 Å². The maximum atomic E-state index is 12.2. The van der Waals surface area contributed by atoms with Crippen LogP contribution in [0.15, 0.2) is 6.07 Å². The Morgan fingerprint density at radius 2 is 2.29 bits per heavy atom. The van der Waals surface area contributed by atoms with Gasteiger partial charge in [-0.05, 0) is 44.4 Å². The molecule has 3 nitrogen and oxygen atoms in total. The molecule has 1 aromatic rings. The van der Waals surface area contributed by atoms with Gasteiger partial charge >= 0.3 is 0 Å². The monoisotopic (exact) mass is 274 g/mol. The van der Waals surface area contributed by atoms with Crippen LogP contribution < -0.4 is 5.73 Å². The van der Waals surface area contributed by atoms with E-state index in [0.717, 1.165) is 24.4 Å². The molecule has 5 heteroatoms. The molecule has 1 aliphatic heterocycles. The number of hydrogen-bond donors (Lipinski definition) is 1. The average molecular weight is 275 g/mol. The van der Waals surface area contributed by atoms with Crippen molar-refractivity contribution in [3.8, 4) is 0 Å². The van der Waals surface area contributed by atoms with Gasteiger partial charge in [0.2, 0.25) is 0 Å². The van der Waals surface area contributed by atoms with Crippen molar-refractivity contribution in [2.75, 3.05) is 19.6 Å². The van der Waals surface area contributed by atoms with E-state index in [-0.39, 0.29) is 18.3 Å².